The highest BCUT2D eigenvalue weighted by Gasteiger charge is 2.45. The number of β-amino-alcohol motifs (C(OH)–C–C–N with tert-alkyl or cyclic N) is 1. The van der Waals surface area contributed by atoms with Gasteiger partial charge in [0.25, 0.3) is 0 Å². The molecule has 3 fully saturated rings. The highest BCUT2D eigenvalue weighted by atomic mass is 16.4. The number of hydrogen-bond donors (Lipinski definition) is 3. The second kappa shape index (κ2) is 4.67. The number of carboxylic acids is 1. The zero-order chi connectivity index (χ0) is 13.6. The number of nitrogens with zero attached hydrogens (tertiary/aromatic N) is 1. The summed E-state index contributed by atoms with van der Waals surface area (Å²) in [5, 5.41) is 21.7. The molecule has 3 N–H and O–H groups in total. The molecule has 2 saturated carbocycles. The fourth-order valence-electron chi connectivity index (χ4n) is 3.03. The van der Waals surface area contributed by atoms with Gasteiger partial charge in [-0.3, -0.25) is 0 Å². The fraction of sp³-hybridized carbons (Fsp3) is 0.846. The first-order valence-corrected chi connectivity index (χ1v) is 7.04. The molecule has 1 saturated heterocycles. The second-order valence-electron chi connectivity index (χ2n) is 6.05. The first-order chi connectivity index (χ1) is 9.06. The number of nitrogens with one attached hydrogen (secondary N) is 1. The van der Waals surface area contributed by atoms with Crippen LogP contribution in [0.3, 0.4) is 0 Å². The number of amides is 2. The molecule has 2 atom stereocenters. The molecule has 0 aromatic rings. The van der Waals surface area contributed by atoms with E-state index in [4.69, 9.17) is 5.11 Å². The summed E-state index contributed by atoms with van der Waals surface area (Å²) in [6.07, 6.45) is 4.03. The van der Waals surface area contributed by atoms with Crippen molar-refractivity contribution in [3.05, 3.63) is 0 Å². The van der Waals surface area contributed by atoms with Crippen LogP contribution in [-0.4, -0.2) is 51.8 Å². The molecule has 0 aromatic carbocycles. The lowest BCUT2D eigenvalue weighted by atomic mass is 10.1. The van der Waals surface area contributed by atoms with Crippen molar-refractivity contribution in [1.82, 2.24) is 10.2 Å². The molecule has 2 amide bonds. The van der Waals surface area contributed by atoms with E-state index in [1.165, 1.54) is 4.90 Å². The third-order valence-corrected chi connectivity index (χ3v) is 4.37. The van der Waals surface area contributed by atoms with Gasteiger partial charge in [-0.05, 0) is 37.5 Å². The van der Waals surface area contributed by atoms with Gasteiger partial charge in [-0.15, -0.1) is 0 Å². The van der Waals surface area contributed by atoms with Gasteiger partial charge < -0.3 is 20.4 Å². The van der Waals surface area contributed by atoms with Crippen molar-refractivity contribution in [2.45, 2.75) is 50.3 Å². The average Bonchev–Trinajstić information content (AvgIpc) is 3.23. The summed E-state index contributed by atoms with van der Waals surface area (Å²) in [7, 11) is 0. The second-order valence-corrected chi connectivity index (χ2v) is 6.05. The number of aliphatic carboxylic acids is 1. The summed E-state index contributed by atoms with van der Waals surface area (Å²) in [5.74, 6) is 0.112. The van der Waals surface area contributed by atoms with Gasteiger partial charge in [0, 0.05) is 19.0 Å². The van der Waals surface area contributed by atoms with E-state index in [-0.39, 0.29) is 25.0 Å². The number of aliphatic hydroxyl groups is 1. The first kappa shape index (κ1) is 12.7. The van der Waals surface area contributed by atoms with Gasteiger partial charge in [-0.1, -0.05) is 0 Å². The summed E-state index contributed by atoms with van der Waals surface area (Å²) < 4.78 is 0. The SMILES string of the molecule is O=C(O)[C@H]1C[C@@H](O)CN1C(=O)NC(C1CC1)C1CC1. The lowest BCUT2D eigenvalue weighted by Gasteiger charge is -2.25. The maximum Gasteiger partial charge on any atom is 0.326 e. The van der Waals surface area contributed by atoms with E-state index in [1.807, 2.05) is 0 Å². The molecule has 0 bridgehead atoms. The maximum absolute atomic E-state index is 12.2. The van der Waals surface area contributed by atoms with E-state index >= 15 is 0 Å². The Morgan fingerprint density at radius 1 is 1.16 bits per heavy atom. The Morgan fingerprint density at radius 3 is 2.21 bits per heavy atom. The van der Waals surface area contributed by atoms with Crippen LogP contribution in [0.4, 0.5) is 4.79 Å². The maximum atomic E-state index is 12.2. The molecule has 1 aliphatic heterocycles. The van der Waals surface area contributed by atoms with Gasteiger partial charge in [0.1, 0.15) is 6.04 Å². The Labute approximate surface area is 111 Å². The van der Waals surface area contributed by atoms with E-state index in [2.05, 4.69) is 5.32 Å². The van der Waals surface area contributed by atoms with Crippen LogP contribution < -0.4 is 5.32 Å². The summed E-state index contributed by atoms with van der Waals surface area (Å²) in [6, 6.07) is -1.01. The number of carboxylic acid groups (broad SMARTS) is 1. The molecule has 1 heterocycles. The van der Waals surface area contributed by atoms with Crippen molar-refractivity contribution < 1.29 is 19.8 Å². The Kier molecular flexibility index (Phi) is 3.12. The smallest absolute Gasteiger partial charge is 0.326 e. The lowest BCUT2D eigenvalue weighted by Crippen LogP contribution is -2.50. The van der Waals surface area contributed by atoms with Crippen LogP contribution in [0.5, 0.6) is 0 Å². The molecule has 0 unspecified atom stereocenters. The molecule has 3 rings (SSSR count). The minimum atomic E-state index is -1.04. The van der Waals surface area contributed by atoms with Gasteiger partial charge >= 0.3 is 12.0 Å². The zero-order valence-corrected chi connectivity index (χ0v) is 10.8. The number of aliphatic hydroxyl groups excluding tert-OH is 1. The predicted molar refractivity (Wildman–Crippen MR) is 66.5 cm³/mol. The molecule has 19 heavy (non-hydrogen) atoms. The topological polar surface area (TPSA) is 89.9 Å². The molecule has 0 aromatic heterocycles. The molecule has 0 spiro atoms. The van der Waals surface area contributed by atoms with Crippen LogP contribution in [0.1, 0.15) is 32.1 Å². The van der Waals surface area contributed by atoms with Crippen LogP contribution in [0.15, 0.2) is 0 Å². The molecular formula is C13H20N2O4. The van der Waals surface area contributed by atoms with Crippen molar-refractivity contribution in [2.24, 2.45) is 11.8 Å². The largest absolute Gasteiger partial charge is 0.480 e. The third kappa shape index (κ3) is 2.68. The lowest BCUT2D eigenvalue weighted by molar-refractivity contribution is -0.141. The average molecular weight is 268 g/mol. The van der Waals surface area contributed by atoms with Crippen LogP contribution in [-0.2, 0) is 4.79 Å². The number of likely N-dealkylation sites (tertiary alicyclic amines) is 1. The zero-order valence-electron chi connectivity index (χ0n) is 10.8. The predicted octanol–water partition coefficient (Wildman–Crippen LogP) is 0.404. The molecule has 106 valence electrons. The molecular weight excluding hydrogens is 248 g/mol. The molecule has 6 nitrogen and oxygen atoms in total. The van der Waals surface area contributed by atoms with E-state index in [9.17, 15) is 14.7 Å². The Morgan fingerprint density at radius 2 is 1.74 bits per heavy atom. The standard InChI is InChI=1S/C13H20N2O4/c16-9-5-10(12(17)18)15(6-9)13(19)14-11(7-1-2-7)8-3-4-8/h7-11,16H,1-6H2,(H,14,19)(H,17,18)/t9-,10-/m1/s1. The molecule has 3 aliphatic rings. The van der Waals surface area contributed by atoms with E-state index in [1.54, 1.807) is 0 Å². The van der Waals surface area contributed by atoms with Gasteiger partial charge in [0.05, 0.1) is 6.10 Å². The van der Waals surface area contributed by atoms with Crippen molar-refractivity contribution in [3.63, 3.8) is 0 Å². The Hall–Kier alpha value is -1.30. The number of rotatable bonds is 4. The van der Waals surface area contributed by atoms with Crippen LogP contribution >= 0.6 is 0 Å². The van der Waals surface area contributed by atoms with E-state index in [0.717, 1.165) is 25.7 Å². The highest BCUT2D eigenvalue weighted by molar-refractivity contribution is 5.83. The Bertz CT molecular complexity index is 380. The van der Waals surface area contributed by atoms with Gasteiger partial charge in [-0.25, -0.2) is 9.59 Å². The molecule has 6 heteroatoms. The highest BCUT2D eigenvalue weighted by Crippen LogP contribution is 2.44. The summed E-state index contributed by atoms with van der Waals surface area (Å²) in [6.45, 7) is 0.116. The fourth-order valence-corrected chi connectivity index (χ4v) is 3.03. The van der Waals surface area contributed by atoms with Crippen LogP contribution in [0, 0.1) is 11.8 Å². The Balaban J connectivity index is 1.63. The number of urea groups is 1. The van der Waals surface area contributed by atoms with Crippen molar-refractivity contribution in [3.8, 4) is 0 Å². The minimum absolute atomic E-state index is 0.116. The van der Waals surface area contributed by atoms with Gasteiger partial charge in [0.15, 0.2) is 0 Å². The number of carbonyl (C=O) groups is 2. The quantitative estimate of drug-likeness (QED) is 0.688. The summed E-state index contributed by atoms with van der Waals surface area (Å²) in [5.41, 5.74) is 0. The van der Waals surface area contributed by atoms with Crippen molar-refractivity contribution >= 4 is 12.0 Å². The normalized spacial score (nSPS) is 30.7. The molecule has 2 aliphatic carbocycles. The van der Waals surface area contributed by atoms with Crippen LogP contribution in [0.25, 0.3) is 0 Å². The van der Waals surface area contributed by atoms with Crippen molar-refractivity contribution in [1.29, 1.82) is 0 Å². The molecule has 0 radical (unpaired) electrons. The summed E-state index contributed by atoms with van der Waals surface area (Å²) in [4.78, 5) is 24.6. The monoisotopic (exact) mass is 268 g/mol. The van der Waals surface area contributed by atoms with Gasteiger partial charge in [-0.2, -0.15) is 0 Å². The third-order valence-electron chi connectivity index (χ3n) is 4.37. The minimum Gasteiger partial charge on any atom is -0.480 e. The summed E-state index contributed by atoms with van der Waals surface area (Å²) >= 11 is 0. The van der Waals surface area contributed by atoms with E-state index < -0.39 is 18.1 Å². The van der Waals surface area contributed by atoms with Crippen molar-refractivity contribution in [2.75, 3.05) is 6.54 Å². The van der Waals surface area contributed by atoms with Gasteiger partial charge in [0.2, 0.25) is 0 Å². The van der Waals surface area contributed by atoms with E-state index in [0.29, 0.717) is 11.8 Å². The van der Waals surface area contributed by atoms with Crippen LogP contribution in [0.2, 0.25) is 0 Å². The first-order valence-electron chi connectivity index (χ1n) is 7.04. The number of hydrogen-bond acceptors (Lipinski definition) is 3. The number of carbonyl (C=O) groups excluding carboxylic acids is 1.